The van der Waals surface area contributed by atoms with E-state index in [2.05, 4.69) is 16.3 Å². The highest BCUT2D eigenvalue weighted by Crippen LogP contribution is 2.38. The second-order valence-corrected chi connectivity index (χ2v) is 9.44. The number of hydrogen-bond acceptors (Lipinski definition) is 5. The highest BCUT2D eigenvalue weighted by molar-refractivity contribution is 5.42. The lowest BCUT2D eigenvalue weighted by Crippen LogP contribution is -2.43. The Balaban J connectivity index is 1.07. The lowest BCUT2D eigenvalue weighted by Gasteiger charge is -2.32. The molecule has 2 aromatic carbocycles. The molecular weight excluding hydrogens is 419 g/mol. The van der Waals surface area contributed by atoms with E-state index in [1.807, 2.05) is 24.3 Å². The molecular formula is C27H35FN2O3. The van der Waals surface area contributed by atoms with Gasteiger partial charge in [-0.15, -0.1) is 0 Å². The molecule has 2 heterocycles. The van der Waals surface area contributed by atoms with E-state index < -0.39 is 0 Å². The first-order chi connectivity index (χ1) is 16.2. The third-order valence-electron chi connectivity index (χ3n) is 7.17. The van der Waals surface area contributed by atoms with Crippen LogP contribution >= 0.6 is 0 Å². The molecule has 1 N–H and O–H groups in total. The van der Waals surface area contributed by atoms with E-state index in [-0.39, 0.29) is 18.0 Å². The van der Waals surface area contributed by atoms with Crippen LogP contribution in [0.5, 0.6) is 11.5 Å². The number of rotatable bonds is 7. The van der Waals surface area contributed by atoms with Crippen LogP contribution in [-0.4, -0.2) is 56.4 Å². The first kappa shape index (κ1) is 22.6. The van der Waals surface area contributed by atoms with E-state index in [0.717, 1.165) is 95.0 Å². The Bertz CT molecular complexity index is 910. The van der Waals surface area contributed by atoms with E-state index in [1.54, 1.807) is 6.07 Å². The van der Waals surface area contributed by atoms with Crippen molar-refractivity contribution in [1.29, 1.82) is 0 Å². The second-order valence-electron chi connectivity index (χ2n) is 9.44. The Kier molecular flexibility index (Phi) is 7.44. The Morgan fingerprint density at radius 2 is 1.82 bits per heavy atom. The first-order valence-corrected chi connectivity index (χ1v) is 12.5. The van der Waals surface area contributed by atoms with Gasteiger partial charge in [-0.3, -0.25) is 4.90 Å². The fourth-order valence-corrected chi connectivity index (χ4v) is 5.22. The van der Waals surface area contributed by atoms with Crippen molar-refractivity contribution in [2.24, 2.45) is 0 Å². The van der Waals surface area contributed by atoms with Crippen LogP contribution in [0.1, 0.15) is 49.3 Å². The molecule has 5 rings (SSSR count). The molecule has 1 unspecified atom stereocenters. The summed E-state index contributed by atoms with van der Waals surface area (Å²) >= 11 is 0. The van der Waals surface area contributed by atoms with Crippen LogP contribution in [0.3, 0.4) is 0 Å². The minimum Gasteiger partial charge on any atom is -0.490 e. The van der Waals surface area contributed by atoms with Crippen molar-refractivity contribution in [3.8, 4) is 11.5 Å². The van der Waals surface area contributed by atoms with E-state index in [1.165, 1.54) is 6.07 Å². The number of nitrogens with one attached hydrogen (secondary N) is 1. The highest BCUT2D eigenvalue weighted by Gasteiger charge is 2.26. The van der Waals surface area contributed by atoms with Gasteiger partial charge in [-0.25, -0.2) is 4.39 Å². The average Bonchev–Trinajstić information content (AvgIpc) is 2.86. The number of fused-ring (bicyclic) bond motifs is 1. The first-order valence-electron chi connectivity index (χ1n) is 12.5. The van der Waals surface area contributed by atoms with Crippen molar-refractivity contribution in [3.05, 3.63) is 59.4 Å². The number of aryl methyl sites for hydroxylation is 1. The van der Waals surface area contributed by atoms with Crippen LogP contribution < -0.4 is 14.8 Å². The van der Waals surface area contributed by atoms with E-state index in [0.29, 0.717) is 11.6 Å². The fourth-order valence-electron chi connectivity index (χ4n) is 5.22. The van der Waals surface area contributed by atoms with Gasteiger partial charge < -0.3 is 19.5 Å². The number of halogens is 1. The highest BCUT2D eigenvalue weighted by atomic mass is 19.1. The Hall–Kier alpha value is -2.15. The summed E-state index contributed by atoms with van der Waals surface area (Å²) in [6.07, 6.45) is 6.17. The SMILES string of the molecule is Fc1ccccc1C1CCc2cc(OC3CCC(NCCN4CCOCC4)CC3)ccc2O1. The minimum absolute atomic E-state index is 0.197. The molecule has 1 saturated carbocycles. The van der Waals surface area contributed by atoms with E-state index >= 15 is 0 Å². The molecule has 5 nitrogen and oxygen atoms in total. The monoisotopic (exact) mass is 454 g/mol. The maximum Gasteiger partial charge on any atom is 0.130 e. The Morgan fingerprint density at radius 3 is 2.64 bits per heavy atom. The summed E-state index contributed by atoms with van der Waals surface area (Å²) in [4.78, 5) is 2.48. The van der Waals surface area contributed by atoms with Crippen LogP contribution in [0.2, 0.25) is 0 Å². The number of nitrogens with zero attached hydrogens (tertiary/aromatic N) is 1. The van der Waals surface area contributed by atoms with Crippen molar-refractivity contribution >= 4 is 0 Å². The summed E-state index contributed by atoms with van der Waals surface area (Å²) in [6, 6.07) is 13.6. The van der Waals surface area contributed by atoms with Crippen LogP contribution in [0.25, 0.3) is 0 Å². The van der Waals surface area contributed by atoms with Gasteiger partial charge in [0.25, 0.3) is 0 Å². The predicted molar refractivity (Wildman–Crippen MR) is 126 cm³/mol. The lowest BCUT2D eigenvalue weighted by atomic mass is 9.93. The number of benzene rings is 2. The van der Waals surface area contributed by atoms with Gasteiger partial charge in [0.2, 0.25) is 0 Å². The molecule has 1 saturated heterocycles. The number of morpholine rings is 1. The fraction of sp³-hybridized carbons (Fsp3) is 0.556. The van der Waals surface area contributed by atoms with Gasteiger partial charge in [0.15, 0.2) is 0 Å². The zero-order chi connectivity index (χ0) is 22.5. The van der Waals surface area contributed by atoms with Gasteiger partial charge >= 0.3 is 0 Å². The van der Waals surface area contributed by atoms with E-state index in [4.69, 9.17) is 14.2 Å². The molecule has 2 aromatic rings. The maximum absolute atomic E-state index is 14.1. The quantitative estimate of drug-likeness (QED) is 0.667. The molecule has 178 valence electrons. The largest absolute Gasteiger partial charge is 0.490 e. The predicted octanol–water partition coefficient (Wildman–Crippen LogP) is 4.50. The van der Waals surface area contributed by atoms with Gasteiger partial charge in [-0.1, -0.05) is 18.2 Å². The molecule has 0 spiro atoms. The molecule has 0 bridgehead atoms. The molecule has 1 aliphatic carbocycles. The molecule has 6 heteroatoms. The third-order valence-corrected chi connectivity index (χ3v) is 7.17. The van der Waals surface area contributed by atoms with Crippen LogP contribution in [0.15, 0.2) is 42.5 Å². The van der Waals surface area contributed by atoms with Gasteiger partial charge in [-0.05, 0) is 68.4 Å². The normalized spacial score (nSPS) is 25.8. The Morgan fingerprint density at radius 1 is 1.00 bits per heavy atom. The van der Waals surface area contributed by atoms with Gasteiger partial charge in [0.05, 0.1) is 19.3 Å². The van der Waals surface area contributed by atoms with Crippen molar-refractivity contribution in [3.63, 3.8) is 0 Å². The molecule has 1 atom stereocenters. The van der Waals surface area contributed by atoms with Crippen LogP contribution in [0, 0.1) is 5.82 Å². The molecule has 0 amide bonds. The number of ether oxygens (including phenoxy) is 3. The zero-order valence-corrected chi connectivity index (χ0v) is 19.3. The topological polar surface area (TPSA) is 43.0 Å². The molecule has 2 fully saturated rings. The van der Waals surface area contributed by atoms with Crippen molar-refractivity contribution in [2.75, 3.05) is 39.4 Å². The molecule has 33 heavy (non-hydrogen) atoms. The molecule has 0 radical (unpaired) electrons. The zero-order valence-electron chi connectivity index (χ0n) is 19.3. The van der Waals surface area contributed by atoms with E-state index in [9.17, 15) is 4.39 Å². The van der Waals surface area contributed by atoms with Gasteiger partial charge in [0, 0.05) is 37.8 Å². The smallest absolute Gasteiger partial charge is 0.130 e. The third kappa shape index (κ3) is 5.86. The second kappa shape index (κ2) is 10.9. The summed E-state index contributed by atoms with van der Waals surface area (Å²) in [6.45, 7) is 5.99. The minimum atomic E-state index is -0.225. The lowest BCUT2D eigenvalue weighted by molar-refractivity contribution is 0.0377. The number of hydrogen-bond donors (Lipinski definition) is 1. The summed E-state index contributed by atoms with van der Waals surface area (Å²) in [5, 5.41) is 3.73. The molecule has 2 aliphatic heterocycles. The molecule has 0 aromatic heterocycles. The van der Waals surface area contributed by atoms with Crippen molar-refractivity contribution in [1.82, 2.24) is 10.2 Å². The summed E-state index contributed by atoms with van der Waals surface area (Å²) in [5.41, 5.74) is 1.79. The van der Waals surface area contributed by atoms with Crippen molar-refractivity contribution < 1.29 is 18.6 Å². The van der Waals surface area contributed by atoms with Crippen molar-refractivity contribution in [2.45, 2.75) is 56.8 Å². The van der Waals surface area contributed by atoms with Gasteiger partial charge in [0.1, 0.15) is 23.4 Å². The Labute approximate surface area is 196 Å². The van der Waals surface area contributed by atoms with Crippen LogP contribution in [0.4, 0.5) is 4.39 Å². The van der Waals surface area contributed by atoms with Gasteiger partial charge in [-0.2, -0.15) is 0 Å². The summed E-state index contributed by atoms with van der Waals surface area (Å²) in [5.74, 6) is 1.57. The maximum atomic E-state index is 14.1. The summed E-state index contributed by atoms with van der Waals surface area (Å²) in [7, 11) is 0. The average molecular weight is 455 g/mol. The summed E-state index contributed by atoms with van der Waals surface area (Å²) < 4.78 is 32.0. The van der Waals surface area contributed by atoms with Crippen LogP contribution in [-0.2, 0) is 11.2 Å². The standard InChI is InChI=1S/C27H35FN2O3/c28-25-4-2-1-3-24(25)27-11-5-20-19-23(10-12-26(20)33-27)32-22-8-6-21(7-9-22)29-13-14-30-15-17-31-18-16-30/h1-4,10,12,19,21-22,27,29H,5-9,11,13-18H2. The molecule has 3 aliphatic rings.